The van der Waals surface area contributed by atoms with Crippen LogP contribution in [-0.2, 0) is 0 Å². The highest BCUT2D eigenvalue weighted by Crippen LogP contribution is 2.43. The molecule has 0 aromatic heterocycles. The molecule has 2 aliphatic heterocycles. The minimum Gasteiger partial charge on any atom is -0.300 e. The smallest absolute Gasteiger partial charge is 0.0553 e. The third kappa shape index (κ3) is 2.60. The van der Waals surface area contributed by atoms with E-state index in [1.54, 1.807) is 0 Å². The van der Waals surface area contributed by atoms with Crippen molar-refractivity contribution in [3.05, 3.63) is 27.7 Å². The second-order valence-corrected chi connectivity index (χ2v) is 8.00. The fraction of sp³-hybridized carbons (Fsp3) is 0.571. The topological polar surface area (TPSA) is 3.24 Å². The Bertz CT molecular complexity index is 439. The van der Waals surface area contributed by atoms with Crippen molar-refractivity contribution in [2.75, 3.05) is 7.05 Å². The lowest BCUT2D eigenvalue weighted by atomic mass is 10.0. The van der Waals surface area contributed by atoms with Crippen LogP contribution < -0.4 is 0 Å². The molecular formula is C14H17BrClNS. The average Bonchev–Trinajstić information content (AvgIpc) is 2.57. The van der Waals surface area contributed by atoms with E-state index in [2.05, 4.69) is 40.0 Å². The highest BCUT2D eigenvalue weighted by atomic mass is 79.9. The van der Waals surface area contributed by atoms with Gasteiger partial charge in [-0.15, -0.1) is 11.8 Å². The third-order valence-electron chi connectivity index (χ3n) is 4.24. The first-order valence-corrected chi connectivity index (χ1v) is 8.52. The highest BCUT2D eigenvalue weighted by Gasteiger charge is 2.38. The molecule has 1 aromatic carbocycles. The Balaban J connectivity index is 1.70. The predicted molar refractivity (Wildman–Crippen MR) is 82.6 cm³/mol. The molecule has 2 bridgehead atoms. The minimum absolute atomic E-state index is 0.734. The van der Waals surface area contributed by atoms with E-state index in [0.29, 0.717) is 0 Å². The van der Waals surface area contributed by atoms with Crippen molar-refractivity contribution in [3.8, 4) is 0 Å². The number of benzene rings is 1. The van der Waals surface area contributed by atoms with Crippen LogP contribution in [0.4, 0.5) is 0 Å². The van der Waals surface area contributed by atoms with Gasteiger partial charge in [0.05, 0.1) is 5.02 Å². The van der Waals surface area contributed by atoms with Crippen LogP contribution in [0.2, 0.25) is 5.02 Å². The molecule has 1 nitrogen and oxygen atoms in total. The number of hydrogen-bond acceptors (Lipinski definition) is 2. The number of hydrogen-bond donors (Lipinski definition) is 0. The summed E-state index contributed by atoms with van der Waals surface area (Å²) < 4.78 is 1.06. The van der Waals surface area contributed by atoms with Crippen LogP contribution in [0.3, 0.4) is 0 Å². The van der Waals surface area contributed by atoms with Gasteiger partial charge in [-0.05, 0) is 50.9 Å². The molecule has 0 aliphatic carbocycles. The second-order valence-electron chi connectivity index (χ2n) is 5.34. The molecule has 1 aromatic rings. The Kier molecular flexibility index (Phi) is 3.95. The van der Waals surface area contributed by atoms with E-state index in [1.165, 1.54) is 30.6 Å². The maximum absolute atomic E-state index is 6.30. The third-order valence-corrected chi connectivity index (χ3v) is 6.49. The van der Waals surface area contributed by atoms with Gasteiger partial charge in [0.25, 0.3) is 0 Å². The van der Waals surface area contributed by atoms with Crippen LogP contribution in [0.5, 0.6) is 0 Å². The summed E-state index contributed by atoms with van der Waals surface area (Å²) >= 11 is 11.7. The van der Waals surface area contributed by atoms with Crippen LogP contribution in [0.15, 0.2) is 27.6 Å². The number of rotatable bonds is 2. The molecular weight excluding hydrogens is 330 g/mol. The molecule has 2 unspecified atom stereocenters. The fourth-order valence-electron chi connectivity index (χ4n) is 3.21. The number of nitrogens with zero attached hydrogens (tertiary/aromatic N) is 1. The molecule has 0 N–H and O–H groups in total. The maximum atomic E-state index is 6.30. The summed E-state index contributed by atoms with van der Waals surface area (Å²) in [6.45, 7) is 0. The summed E-state index contributed by atoms with van der Waals surface area (Å²) in [6.07, 6.45) is 5.38. The first-order valence-electron chi connectivity index (χ1n) is 6.47. The van der Waals surface area contributed by atoms with Crippen LogP contribution in [0.1, 0.15) is 25.7 Å². The van der Waals surface area contributed by atoms with E-state index in [1.807, 2.05) is 17.8 Å². The quantitative estimate of drug-likeness (QED) is 0.755. The predicted octanol–water partition coefficient (Wildman–Crippen LogP) is 4.82. The Morgan fingerprint density at radius 1 is 1.28 bits per heavy atom. The molecule has 0 spiro atoms. The molecule has 98 valence electrons. The average molecular weight is 347 g/mol. The first kappa shape index (κ1) is 13.3. The lowest BCUT2D eigenvalue weighted by Crippen LogP contribution is -2.40. The van der Waals surface area contributed by atoms with Gasteiger partial charge in [0.2, 0.25) is 0 Å². The summed E-state index contributed by atoms with van der Waals surface area (Å²) in [5.74, 6) is 0. The van der Waals surface area contributed by atoms with Crippen LogP contribution in [-0.4, -0.2) is 29.3 Å². The molecule has 2 saturated heterocycles. The van der Waals surface area contributed by atoms with Gasteiger partial charge in [-0.1, -0.05) is 27.5 Å². The van der Waals surface area contributed by atoms with Gasteiger partial charge in [0, 0.05) is 26.7 Å². The highest BCUT2D eigenvalue weighted by molar-refractivity contribution is 9.10. The largest absolute Gasteiger partial charge is 0.300 e. The van der Waals surface area contributed by atoms with Crippen molar-refractivity contribution in [2.45, 2.75) is 47.9 Å². The van der Waals surface area contributed by atoms with E-state index in [4.69, 9.17) is 11.6 Å². The molecule has 2 aliphatic rings. The molecule has 0 saturated carbocycles. The van der Waals surface area contributed by atoms with Gasteiger partial charge >= 0.3 is 0 Å². The Hall–Kier alpha value is 0.300. The van der Waals surface area contributed by atoms with E-state index in [9.17, 15) is 0 Å². The molecule has 3 rings (SSSR count). The fourth-order valence-corrected chi connectivity index (χ4v) is 5.33. The van der Waals surface area contributed by atoms with Crippen LogP contribution in [0.25, 0.3) is 0 Å². The number of fused-ring (bicyclic) bond motifs is 2. The van der Waals surface area contributed by atoms with Crippen molar-refractivity contribution in [1.29, 1.82) is 0 Å². The van der Waals surface area contributed by atoms with Gasteiger partial charge in [0.1, 0.15) is 0 Å². The molecule has 2 atom stereocenters. The zero-order valence-corrected chi connectivity index (χ0v) is 13.6. The summed E-state index contributed by atoms with van der Waals surface area (Å²) in [6, 6.07) is 7.81. The normalized spacial score (nSPS) is 31.8. The maximum Gasteiger partial charge on any atom is 0.0553 e. The molecule has 0 radical (unpaired) electrons. The van der Waals surface area contributed by atoms with Gasteiger partial charge in [-0.2, -0.15) is 0 Å². The van der Waals surface area contributed by atoms with Gasteiger partial charge in [-0.3, -0.25) is 0 Å². The van der Waals surface area contributed by atoms with Crippen molar-refractivity contribution < 1.29 is 0 Å². The lowest BCUT2D eigenvalue weighted by molar-refractivity contribution is 0.183. The van der Waals surface area contributed by atoms with Crippen molar-refractivity contribution in [3.63, 3.8) is 0 Å². The molecule has 18 heavy (non-hydrogen) atoms. The second kappa shape index (κ2) is 5.35. The Morgan fingerprint density at radius 3 is 2.56 bits per heavy atom. The van der Waals surface area contributed by atoms with Crippen LogP contribution in [0, 0.1) is 0 Å². The summed E-state index contributed by atoms with van der Waals surface area (Å²) in [5, 5.41) is 1.61. The molecule has 2 heterocycles. The SMILES string of the molecule is CN1C2CCC1CC(Sc1ccc(Br)cc1Cl)C2. The Morgan fingerprint density at radius 2 is 1.94 bits per heavy atom. The summed E-state index contributed by atoms with van der Waals surface area (Å²) in [4.78, 5) is 3.81. The zero-order chi connectivity index (χ0) is 12.7. The minimum atomic E-state index is 0.734. The lowest BCUT2D eigenvalue weighted by Gasteiger charge is -2.36. The van der Waals surface area contributed by atoms with E-state index in [0.717, 1.165) is 26.8 Å². The molecule has 2 fully saturated rings. The van der Waals surface area contributed by atoms with E-state index < -0.39 is 0 Å². The van der Waals surface area contributed by atoms with E-state index in [-0.39, 0.29) is 0 Å². The molecule has 4 heteroatoms. The standard InChI is InChI=1S/C14H17BrClNS/c1-17-10-3-4-11(17)8-12(7-10)18-14-5-2-9(15)6-13(14)16/h2,5-6,10-12H,3-4,7-8H2,1H3. The van der Waals surface area contributed by atoms with E-state index >= 15 is 0 Å². The van der Waals surface area contributed by atoms with Gasteiger partial charge < -0.3 is 4.90 Å². The number of piperidine rings is 1. The van der Waals surface area contributed by atoms with Crippen molar-refractivity contribution >= 4 is 39.3 Å². The van der Waals surface area contributed by atoms with Gasteiger partial charge in [0.15, 0.2) is 0 Å². The molecule has 0 amide bonds. The van der Waals surface area contributed by atoms with Crippen molar-refractivity contribution in [2.24, 2.45) is 0 Å². The monoisotopic (exact) mass is 345 g/mol. The zero-order valence-electron chi connectivity index (χ0n) is 10.4. The number of halogens is 2. The Labute approximate surface area is 126 Å². The number of thioether (sulfide) groups is 1. The summed E-state index contributed by atoms with van der Waals surface area (Å²) in [5.41, 5.74) is 0. The van der Waals surface area contributed by atoms with Gasteiger partial charge in [-0.25, -0.2) is 0 Å². The van der Waals surface area contributed by atoms with Crippen LogP contribution >= 0.6 is 39.3 Å². The summed E-state index contributed by atoms with van der Waals surface area (Å²) in [7, 11) is 2.29. The first-order chi connectivity index (χ1) is 8.63. The van der Waals surface area contributed by atoms with Crippen molar-refractivity contribution in [1.82, 2.24) is 4.90 Å².